The normalized spacial score (nSPS) is 11.3. The molecule has 0 heterocycles. The van der Waals surface area contributed by atoms with Crippen molar-refractivity contribution in [1.29, 1.82) is 0 Å². The molecule has 0 atom stereocenters. The molecule has 0 fully saturated rings. The van der Waals surface area contributed by atoms with Crippen molar-refractivity contribution in [2.75, 3.05) is 0 Å². The molecule has 0 aromatic carbocycles. The molecule has 0 radical (unpaired) electrons. The first kappa shape index (κ1) is 7.13. The molecule has 7 heavy (non-hydrogen) atoms. The van der Waals surface area contributed by atoms with E-state index in [0.29, 0.717) is 0 Å². The Bertz CT molecular complexity index is 82.1. The molecule has 0 amide bonds. The van der Waals surface area contributed by atoms with Crippen LogP contribution in [0.25, 0.3) is 0 Å². The predicted molar refractivity (Wildman–Crippen MR) is 22.5 cm³/mol. The molecule has 0 aromatic heterocycles. The summed E-state index contributed by atoms with van der Waals surface area (Å²) in [7, 11) is -5.37. The highest BCUT2D eigenvalue weighted by Gasteiger charge is 2.11. The molecule has 0 aliphatic carbocycles. The maximum atomic E-state index is 9.54. The Balaban J connectivity index is 3.36. The van der Waals surface area contributed by atoms with Gasteiger partial charge in [0.2, 0.25) is 0 Å². The molecule has 42 valence electrons. The first-order valence-electron chi connectivity index (χ1n) is 1.37. The lowest BCUT2D eigenvalue weighted by Gasteiger charge is -1.96. The van der Waals surface area contributed by atoms with Crippen LogP contribution in [0, 0.1) is 0 Å². The van der Waals surface area contributed by atoms with Gasteiger partial charge in [0.1, 0.15) is 0 Å². The van der Waals surface area contributed by atoms with Crippen LogP contribution in [-0.4, -0.2) is 22.5 Å². The first-order chi connectivity index (χ1) is 3.06. The standard InChI is InChI=1S/BH4O5P/c2-1-6-7(3,4)5/h1-2H,(H2,3,4,5). The molecule has 0 aliphatic rings. The van der Waals surface area contributed by atoms with Crippen LogP contribution in [0.15, 0.2) is 0 Å². The summed E-state index contributed by atoms with van der Waals surface area (Å²) in [5, 5.41) is 7.69. The third kappa shape index (κ3) is 6.13. The minimum atomic E-state index is -4.42. The van der Waals surface area contributed by atoms with Gasteiger partial charge in [0.25, 0.3) is 0 Å². The molecule has 5 nitrogen and oxygen atoms in total. The molecular formula is H4BO5P. The van der Waals surface area contributed by atoms with Crippen LogP contribution >= 0.6 is 7.82 Å². The molecular weight excluding hydrogens is 122 g/mol. The molecule has 0 spiro atoms. The van der Waals surface area contributed by atoms with Crippen molar-refractivity contribution >= 4 is 15.5 Å². The van der Waals surface area contributed by atoms with Crippen LogP contribution in [-0.2, 0) is 9.01 Å². The average Bonchev–Trinajstić information content (AvgIpc) is 1.30. The summed E-state index contributed by atoms with van der Waals surface area (Å²) in [5.74, 6) is 0. The SMILES string of the molecule is O=P(O)(O)OBO. The second-order valence-corrected chi connectivity index (χ2v) is 1.99. The van der Waals surface area contributed by atoms with Gasteiger partial charge >= 0.3 is 15.5 Å². The molecule has 0 saturated heterocycles. The Morgan fingerprint density at radius 1 is 1.57 bits per heavy atom. The molecule has 0 unspecified atom stereocenters. The number of hydrogen-bond donors (Lipinski definition) is 3. The van der Waals surface area contributed by atoms with Crippen LogP contribution in [0.5, 0.6) is 0 Å². The fourth-order valence-corrected chi connectivity index (χ4v) is 0.226. The highest BCUT2D eigenvalue weighted by Crippen LogP contribution is 2.34. The number of phosphoric acid groups is 1. The van der Waals surface area contributed by atoms with Crippen molar-refractivity contribution in [3.05, 3.63) is 0 Å². The fourth-order valence-electron chi connectivity index (χ4n) is 0.0752. The average molecular weight is 126 g/mol. The summed E-state index contributed by atoms with van der Waals surface area (Å²) in [4.78, 5) is 15.5. The highest BCUT2D eigenvalue weighted by molar-refractivity contribution is 7.47. The molecule has 0 saturated carbocycles. The summed E-state index contributed by atoms with van der Waals surface area (Å²) >= 11 is 0. The molecule has 0 aromatic rings. The van der Waals surface area contributed by atoms with Crippen molar-refractivity contribution in [2.24, 2.45) is 0 Å². The van der Waals surface area contributed by atoms with Gasteiger partial charge < -0.3 is 19.3 Å². The van der Waals surface area contributed by atoms with Gasteiger partial charge in [-0.25, -0.2) is 4.57 Å². The topological polar surface area (TPSA) is 87.0 Å². The van der Waals surface area contributed by atoms with E-state index in [1.807, 2.05) is 0 Å². The van der Waals surface area contributed by atoms with Gasteiger partial charge in [-0.05, 0) is 0 Å². The van der Waals surface area contributed by atoms with Crippen LogP contribution in [0.1, 0.15) is 0 Å². The van der Waals surface area contributed by atoms with E-state index in [0.717, 1.165) is 0 Å². The van der Waals surface area contributed by atoms with Gasteiger partial charge in [0, 0.05) is 0 Å². The Labute approximate surface area is 40.5 Å². The van der Waals surface area contributed by atoms with E-state index in [-0.39, 0.29) is 0 Å². The predicted octanol–water partition coefficient (Wildman–Crippen LogP) is -1.65. The second-order valence-electron chi connectivity index (χ2n) is 0.749. The summed E-state index contributed by atoms with van der Waals surface area (Å²) < 4.78 is 13.0. The first-order valence-corrected chi connectivity index (χ1v) is 2.90. The zero-order valence-electron chi connectivity index (χ0n) is 3.31. The third-order valence-corrected chi connectivity index (χ3v) is 0.678. The van der Waals surface area contributed by atoms with Crippen molar-refractivity contribution in [2.45, 2.75) is 0 Å². The minimum absolute atomic E-state index is 0.954. The summed E-state index contributed by atoms with van der Waals surface area (Å²) in [6.07, 6.45) is 0. The smallest absolute Gasteiger partial charge is 0.430 e. The van der Waals surface area contributed by atoms with Crippen molar-refractivity contribution < 1.29 is 23.8 Å². The zero-order chi connectivity index (χ0) is 5.91. The lowest BCUT2D eigenvalue weighted by Crippen LogP contribution is -1.92. The Morgan fingerprint density at radius 3 is 2.00 bits per heavy atom. The van der Waals surface area contributed by atoms with Crippen LogP contribution in [0.3, 0.4) is 0 Å². The van der Waals surface area contributed by atoms with E-state index in [2.05, 4.69) is 4.44 Å². The van der Waals surface area contributed by atoms with Gasteiger partial charge in [-0.2, -0.15) is 0 Å². The lowest BCUT2D eigenvalue weighted by molar-refractivity contribution is 0.273. The highest BCUT2D eigenvalue weighted by atomic mass is 31.2. The van der Waals surface area contributed by atoms with E-state index >= 15 is 0 Å². The monoisotopic (exact) mass is 126 g/mol. The van der Waals surface area contributed by atoms with Crippen LogP contribution < -0.4 is 0 Å². The van der Waals surface area contributed by atoms with Crippen molar-refractivity contribution in [3.8, 4) is 0 Å². The Kier molecular flexibility index (Phi) is 2.49. The van der Waals surface area contributed by atoms with E-state index in [1.165, 1.54) is 0 Å². The van der Waals surface area contributed by atoms with Gasteiger partial charge in [-0.3, -0.25) is 0 Å². The van der Waals surface area contributed by atoms with Crippen molar-refractivity contribution in [3.63, 3.8) is 0 Å². The Morgan fingerprint density at radius 2 is 2.00 bits per heavy atom. The van der Waals surface area contributed by atoms with E-state index in [4.69, 9.17) is 14.8 Å². The summed E-state index contributed by atoms with van der Waals surface area (Å²) in [6, 6.07) is 0. The maximum absolute atomic E-state index is 9.54. The maximum Gasteiger partial charge on any atom is 0.457 e. The molecule has 0 aliphatic heterocycles. The number of rotatable bonds is 2. The lowest BCUT2D eigenvalue weighted by atomic mass is 10.5. The van der Waals surface area contributed by atoms with E-state index in [9.17, 15) is 4.57 Å². The van der Waals surface area contributed by atoms with Gasteiger partial charge in [-0.1, -0.05) is 0 Å². The van der Waals surface area contributed by atoms with Crippen molar-refractivity contribution in [1.82, 2.24) is 0 Å². The molecule has 0 rings (SSSR count). The largest absolute Gasteiger partial charge is 0.457 e. The zero-order valence-corrected chi connectivity index (χ0v) is 4.21. The molecule has 0 bridgehead atoms. The summed E-state index contributed by atoms with van der Waals surface area (Å²) in [5.41, 5.74) is 0. The number of hydrogen-bond acceptors (Lipinski definition) is 3. The quantitative estimate of drug-likeness (QED) is 0.305. The van der Waals surface area contributed by atoms with E-state index in [1.54, 1.807) is 0 Å². The van der Waals surface area contributed by atoms with E-state index < -0.39 is 15.5 Å². The van der Waals surface area contributed by atoms with Crippen LogP contribution in [0.4, 0.5) is 0 Å². The van der Waals surface area contributed by atoms with Gasteiger partial charge in [-0.15, -0.1) is 0 Å². The van der Waals surface area contributed by atoms with Gasteiger partial charge in [0.15, 0.2) is 0 Å². The second kappa shape index (κ2) is 2.44. The fraction of sp³-hybridized carbons (Fsp3) is 0. The van der Waals surface area contributed by atoms with Crippen LogP contribution in [0.2, 0.25) is 0 Å². The van der Waals surface area contributed by atoms with Gasteiger partial charge in [0.05, 0.1) is 0 Å². The molecule has 3 N–H and O–H groups in total. The molecule has 7 heteroatoms. The summed E-state index contributed by atoms with van der Waals surface area (Å²) in [6.45, 7) is 0. The third-order valence-electron chi connectivity index (χ3n) is 0.226. The Hall–Kier alpha value is 0.135. The minimum Gasteiger partial charge on any atom is -0.430 e.